The first-order valence-electron chi connectivity index (χ1n) is 3.14. The first-order chi connectivity index (χ1) is 5.70. The van der Waals surface area contributed by atoms with Crippen molar-refractivity contribution < 1.29 is 13.2 Å². The molecule has 0 aliphatic rings. The first-order valence-corrected chi connectivity index (χ1v) is 3.95. The summed E-state index contributed by atoms with van der Waals surface area (Å²) >= 11 is 0.415. The van der Waals surface area contributed by atoms with Crippen LogP contribution < -0.4 is 0 Å². The highest BCUT2D eigenvalue weighted by atomic mass is 32.2. The fourth-order valence-electron chi connectivity index (χ4n) is 0.631. The van der Waals surface area contributed by atoms with Crippen LogP contribution in [0.5, 0.6) is 0 Å². The molecule has 0 aliphatic heterocycles. The van der Waals surface area contributed by atoms with Crippen LogP contribution in [0, 0.1) is 0 Å². The van der Waals surface area contributed by atoms with Gasteiger partial charge in [-0.25, -0.2) is 0 Å². The maximum absolute atomic E-state index is 12.3. The lowest BCUT2D eigenvalue weighted by molar-refractivity contribution is 0.395. The fourth-order valence-corrected chi connectivity index (χ4v) is 1.21. The lowest BCUT2D eigenvalue weighted by Crippen LogP contribution is -1.70. The third kappa shape index (κ3) is 2.62. The molecule has 0 saturated carbocycles. The largest absolute Gasteiger partial charge is 0.312 e. The molecule has 0 atom stereocenters. The minimum atomic E-state index is -2.27. The van der Waals surface area contributed by atoms with Gasteiger partial charge in [0.2, 0.25) is 5.16 Å². The Kier molecular flexibility index (Phi) is 3.22. The normalized spacial score (nSPS) is 9.58. The molecule has 0 aromatic heterocycles. The van der Waals surface area contributed by atoms with Crippen molar-refractivity contribution in [2.24, 2.45) is 0 Å². The summed E-state index contributed by atoms with van der Waals surface area (Å²) in [5, 5.41) is -1.44. The van der Waals surface area contributed by atoms with E-state index in [9.17, 15) is 13.2 Å². The summed E-state index contributed by atoms with van der Waals surface area (Å²) in [6, 6.07) is 8.18. The van der Waals surface area contributed by atoms with Crippen molar-refractivity contribution in [1.82, 2.24) is 0 Å². The standard InChI is InChI=1S/C8H5F3S/c9-7(10)8(11)12-6-4-2-1-3-5-6/h1-5H. The van der Waals surface area contributed by atoms with Gasteiger partial charge in [-0.1, -0.05) is 30.0 Å². The van der Waals surface area contributed by atoms with Gasteiger partial charge in [0.05, 0.1) is 0 Å². The highest BCUT2D eigenvalue weighted by Crippen LogP contribution is 2.30. The minimum Gasteiger partial charge on any atom is -0.193 e. The van der Waals surface area contributed by atoms with Gasteiger partial charge in [-0.3, -0.25) is 0 Å². The zero-order valence-electron chi connectivity index (χ0n) is 5.93. The minimum absolute atomic E-state index is 0.415. The van der Waals surface area contributed by atoms with Crippen molar-refractivity contribution in [3.63, 3.8) is 0 Å². The zero-order valence-corrected chi connectivity index (χ0v) is 6.75. The Morgan fingerprint density at radius 1 is 1.00 bits per heavy atom. The van der Waals surface area contributed by atoms with E-state index in [1.807, 2.05) is 0 Å². The molecule has 0 amide bonds. The topological polar surface area (TPSA) is 0 Å². The third-order valence-corrected chi connectivity index (χ3v) is 1.94. The van der Waals surface area contributed by atoms with Gasteiger partial charge >= 0.3 is 6.08 Å². The average Bonchev–Trinajstić information content (AvgIpc) is 2.06. The molecule has 1 aromatic carbocycles. The van der Waals surface area contributed by atoms with Crippen LogP contribution in [-0.2, 0) is 0 Å². The molecule has 0 heterocycles. The fraction of sp³-hybridized carbons (Fsp3) is 0. The number of hydrogen-bond donors (Lipinski definition) is 0. The van der Waals surface area contributed by atoms with Crippen LogP contribution in [0.15, 0.2) is 46.5 Å². The second-order valence-electron chi connectivity index (χ2n) is 1.95. The number of rotatable bonds is 2. The molecule has 0 fully saturated rings. The van der Waals surface area contributed by atoms with Crippen molar-refractivity contribution in [2.75, 3.05) is 0 Å². The van der Waals surface area contributed by atoms with Gasteiger partial charge in [0.15, 0.2) is 0 Å². The van der Waals surface area contributed by atoms with E-state index in [-0.39, 0.29) is 0 Å². The van der Waals surface area contributed by atoms with Crippen LogP contribution in [0.25, 0.3) is 0 Å². The van der Waals surface area contributed by atoms with E-state index in [0.29, 0.717) is 16.7 Å². The Morgan fingerprint density at radius 2 is 1.58 bits per heavy atom. The van der Waals surface area contributed by atoms with Crippen LogP contribution in [0.1, 0.15) is 0 Å². The summed E-state index contributed by atoms with van der Waals surface area (Å²) in [6.45, 7) is 0. The van der Waals surface area contributed by atoms with Crippen molar-refractivity contribution in [2.45, 2.75) is 4.90 Å². The second kappa shape index (κ2) is 4.21. The van der Waals surface area contributed by atoms with Crippen LogP contribution >= 0.6 is 11.8 Å². The molecule has 0 unspecified atom stereocenters. The van der Waals surface area contributed by atoms with Crippen molar-refractivity contribution in [1.29, 1.82) is 0 Å². The van der Waals surface area contributed by atoms with E-state index < -0.39 is 11.2 Å². The van der Waals surface area contributed by atoms with Crippen molar-refractivity contribution >= 4 is 11.8 Å². The Labute approximate surface area is 72.1 Å². The van der Waals surface area contributed by atoms with Crippen molar-refractivity contribution in [3.05, 3.63) is 41.6 Å². The van der Waals surface area contributed by atoms with Crippen LogP contribution in [-0.4, -0.2) is 0 Å². The number of hydrogen-bond acceptors (Lipinski definition) is 1. The van der Waals surface area contributed by atoms with Gasteiger partial charge in [-0.2, -0.15) is 13.2 Å². The maximum atomic E-state index is 12.3. The van der Waals surface area contributed by atoms with Gasteiger partial charge in [-0.05, 0) is 12.1 Å². The molecule has 12 heavy (non-hydrogen) atoms. The highest BCUT2D eigenvalue weighted by Gasteiger charge is 2.05. The molecule has 0 saturated heterocycles. The lowest BCUT2D eigenvalue weighted by atomic mass is 10.4. The molecule has 0 spiro atoms. The van der Waals surface area contributed by atoms with E-state index in [1.54, 1.807) is 30.3 Å². The number of benzene rings is 1. The second-order valence-corrected chi connectivity index (χ2v) is 2.98. The molecule has 0 bridgehead atoms. The van der Waals surface area contributed by atoms with Crippen LogP contribution in [0.2, 0.25) is 0 Å². The SMILES string of the molecule is FC(F)=C(F)Sc1ccccc1. The summed E-state index contributed by atoms with van der Waals surface area (Å²) in [7, 11) is 0. The van der Waals surface area contributed by atoms with Crippen LogP contribution in [0.4, 0.5) is 13.2 Å². The zero-order chi connectivity index (χ0) is 8.97. The van der Waals surface area contributed by atoms with E-state index in [4.69, 9.17) is 0 Å². The molecule has 4 heteroatoms. The Balaban J connectivity index is 2.72. The Bertz CT molecular complexity index is 278. The lowest BCUT2D eigenvalue weighted by Gasteiger charge is -1.95. The summed E-state index contributed by atoms with van der Waals surface area (Å²) < 4.78 is 35.5. The molecule has 0 radical (unpaired) electrons. The third-order valence-electron chi connectivity index (χ3n) is 1.10. The molecule has 0 N–H and O–H groups in total. The van der Waals surface area contributed by atoms with E-state index >= 15 is 0 Å². The first kappa shape index (κ1) is 9.19. The summed E-state index contributed by atoms with van der Waals surface area (Å²) in [5.41, 5.74) is 0. The predicted octanol–water partition coefficient (Wildman–Crippen LogP) is 3.81. The molecule has 0 nitrogen and oxygen atoms in total. The monoisotopic (exact) mass is 190 g/mol. The average molecular weight is 190 g/mol. The van der Waals surface area contributed by atoms with Gasteiger partial charge in [0.25, 0.3) is 0 Å². The Hall–Kier alpha value is -0.900. The van der Waals surface area contributed by atoms with Gasteiger partial charge in [0, 0.05) is 4.90 Å². The quantitative estimate of drug-likeness (QED) is 0.639. The van der Waals surface area contributed by atoms with E-state index in [1.165, 1.54) is 0 Å². The van der Waals surface area contributed by atoms with Gasteiger partial charge < -0.3 is 0 Å². The summed E-state index contributed by atoms with van der Waals surface area (Å²) in [5.74, 6) is 0. The predicted molar refractivity (Wildman–Crippen MR) is 42.6 cm³/mol. The van der Waals surface area contributed by atoms with Crippen LogP contribution in [0.3, 0.4) is 0 Å². The highest BCUT2D eigenvalue weighted by molar-refractivity contribution is 8.02. The molecule has 1 aromatic rings. The molecular weight excluding hydrogens is 185 g/mol. The number of halogens is 3. The summed E-state index contributed by atoms with van der Waals surface area (Å²) in [6.07, 6.45) is -2.27. The van der Waals surface area contributed by atoms with Gasteiger partial charge in [0.1, 0.15) is 0 Å². The molecular formula is C8H5F3S. The van der Waals surface area contributed by atoms with Gasteiger partial charge in [-0.15, -0.1) is 0 Å². The maximum Gasteiger partial charge on any atom is 0.312 e. The van der Waals surface area contributed by atoms with E-state index in [2.05, 4.69) is 0 Å². The molecule has 1 rings (SSSR count). The van der Waals surface area contributed by atoms with Crippen molar-refractivity contribution in [3.8, 4) is 0 Å². The smallest absolute Gasteiger partial charge is 0.193 e. The number of thioether (sulfide) groups is 1. The molecule has 64 valence electrons. The molecule has 0 aliphatic carbocycles. The summed E-state index contributed by atoms with van der Waals surface area (Å²) in [4.78, 5) is 0.461. The van der Waals surface area contributed by atoms with E-state index in [0.717, 1.165) is 0 Å². The Morgan fingerprint density at radius 3 is 2.08 bits per heavy atom.